The summed E-state index contributed by atoms with van der Waals surface area (Å²) in [7, 11) is 1.30. The van der Waals surface area contributed by atoms with Crippen molar-refractivity contribution in [3.63, 3.8) is 0 Å². The molecule has 0 heterocycles. The molecule has 0 radical (unpaired) electrons. The van der Waals surface area contributed by atoms with Gasteiger partial charge in [0.2, 0.25) is 5.91 Å². The molecule has 1 aliphatic carbocycles. The zero-order chi connectivity index (χ0) is 22.9. The van der Waals surface area contributed by atoms with E-state index in [4.69, 9.17) is 5.73 Å². The fourth-order valence-corrected chi connectivity index (χ4v) is 4.05. The predicted molar refractivity (Wildman–Crippen MR) is 125 cm³/mol. The number of carbonyl (C=O) groups excluding carboxylic acids is 3. The topological polar surface area (TPSA) is 111 Å². The van der Waals surface area contributed by atoms with Gasteiger partial charge in [-0.25, -0.2) is 4.79 Å². The lowest BCUT2D eigenvalue weighted by atomic mass is 9.86. The maximum Gasteiger partial charge on any atom is 0.337 e. The van der Waals surface area contributed by atoms with Gasteiger partial charge < -0.3 is 21.1 Å². The van der Waals surface area contributed by atoms with Gasteiger partial charge in [-0.2, -0.15) is 0 Å². The predicted octanol–water partition coefficient (Wildman–Crippen LogP) is 4.48. The Hall–Kier alpha value is -3.19. The zero-order valence-corrected chi connectivity index (χ0v) is 18.5. The average molecular weight is 438 g/mol. The number of anilines is 2. The van der Waals surface area contributed by atoms with E-state index in [1.807, 2.05) is 0 Å². The van der Waals surface area contributed by atoms with Gasteiger partial charge in [0.15, 0.2) is 0 Å². The van der Waals surface area contributed by atoms with E-state index in [9.17, 15) is 14.4 Å². The van der Waals surface area contributed by atoms with Crippen LogP contribution in [-0.4, -0.2) is 24.9 Å². The van der Waals surface area contributed by atoms with Gasteiger partial charge in [0.05, 0.1) is 12.7 Å². The monoisotopic (exact) mass is 437 g/mol. The number of rotatable bonds is 8. The van der Waals surface area contributed by atoms with E-state index in [1.165, 1.54) is 51.3 Å². The lowest BCUT2D eigenvalue weighted by molar-refractivity contribution is -0.116. The number of hydrogen-bond acceptors (Lipinski definition) is 5. The Kier molecular flexibility index (Phi) is 8.39. The van der Waals surface area contributed by atoms with Gasteiger partial charge in [-0.1, -0.05) is 38.2 Å². The van der Waals surface area contributed by atoms with E-state index >= 15 is 0 Å². The van der Waals surface area contributed by atoms with Crippen LogP contribution in [0.4, 0.5) is 11.4 Å². The molecule has 7 heteroatoms. The van der Waals surface area contributed by atoms with Crippen molar-refractivity contribution in [2.45, 2.75) is 51.5 Å². The first-order valence-electron chi connectivity index (χ1n) is 11.1. The summed E-state index contributed by atoms with van der Waals surface area (Å²) in [4.78, 5) is 36.7. The Morgan fingerprint density at radius 1 is 0.969 bits per heavy atom. The number of hydrogen-bond donors (Lipinski definition) is 3. The summed E-state index contributed by atoms with van der Waals surface area (Å²) < 4.78 is 4.67. The van der Waals surface area contributed by atoms with Gasteiger partial charge in [0, 0.05) is 29.9 Å². The number of amides is 2. The quantitative estimate of drug-likeness (QED) is 0.527. The molecular weight excluding hydrogens is 406 g/mol. The number of nitrogens with one attached hydrogen (secondary N) is 2. The smallest absolute Gasteiger partial charge is 0.337 e. The molecule has 170 valence electrons. The van der Waals surface area contributed by atoms with Crippen LogP contribution in [0.2, 0.25) is 0 Å². The average Bonchev–Trinajstić information content (AvgIpc) is 2.83. The van der Waals surface area contributed by atoms with Crippen LogP contribution in [0.15, 0.2) is 42.5 Å². The Balaban J connectivity index is 1.63. The van der Waals surface area contributed by atoms with Crippen LogP contribution >= 0.6 is 0 Å². The van der Waals surface area contributed by atoms with Crippen molar-refractivity contribution in [1.29, 1.82) is 0 Å². The molecule has 0 atom stereocenters. The molecule has 1 fully saturated rings. The van der Waals surface area contributed by atoms with Crippen LogP contribution in [-0.2, 0) is 16.1 Å². The Morgan fingerprint density at radius 3 is 2.31 bits per heavy atom. The molecule has 0 saturated heterocycles. The number of methoxy groups -OCH3 is 1. The third-order valence-electron chi connectivity index (χ3n) is 5.93. The lowest BCUT2D eigenvalue weighted by Crippen LogP contribution is -2.17. The van der Waals surface area contributed by atoms with Crippen LogP contribution in [0.3, 0.4) is 0 Å². The normalized spacial score (nSPS) is 13.9. The molecule has 0 spiro atoms. The Morgan fingerprint density at radius 2 is 1.66 bits per heavy atom. The summed E-state index contributed by atoms with van der Waals surface area (Å²) in [6, 6.07) is 11.5. The molecule has 0 unspecified atom stereocenters. The maximum absolute atomic E-state index is 12.7. The number of benzene rings is 2. The highest BCUT2D eigenvalue weighted by Gasteiger charge is 2.16. The third kappa shape index (κ3) is 6.40. The molecule has 1 aliphatic rings. The van der Waals surface area contributed by atoms with Crippen molar-refractivity contribution in [1.82, 2.24) is 0 Å². The third-order valence-corrected chi connectivity index (χ3v) is 5.93. The zero-order valence-electron chi connectivity index (χ0n) is 18.5. The number of ether oxygens (including phenoxy) is 1. The van der Waals surface area contributed by atoms with Crippen molar-refractivity contribution in [3.05, 3.63) is 59.2 Å². The van der Waals surface area contributed by atoms with E-state index in [1.54, 1.807) is 30.3 Å². The summed E-state index contributed by atoms with van der Waals surface area (Å²) in [5.74, 6) is -0.174. The molecule has 0 bridgehead atoms. The highest BCUT2D eigenvalue weighted by atomic mass is 16.5. The van der Waals surface area contributed by atoms with Gasteiger partial charge in [-0.05, 0) is 54.3 Å². The van der Waals surface area contributed by atoms with Crippen LogP contribution < -0.4 is 16.4 Å². The van der Waals surface area contributed by atoms with E-state index in [2.05, 4.69) is 15.4 Å². The lowest BCUT2D eigenvalue weighted by Gasteiger charge is -2.21. The number of esters is 1. The molecule has 3 rings (SSSR count). The minimum Gasteiger partial charge on any atom is -0.465 e. The van der Waals surface area contributed by atoms with Crippen molar-refractivity contribution >= 4 is 29.2 Å². The summed E-state index contributed by atoms with van der Waals surface area (Å²) in [6.07, 6.45) is 7.68. The highest BCUT2D eigenvalue weighted by Crippen LogP contribution is 2.28. The highest BCUT2D eigenvalue weighted by molar-refractivity contribution is 6.05. The second kappa shape index (κ2) is 11.4. The molecule has 32 heavy (non-hydrogen) atoms. The van der Waals surface area contributed by atoms with Gasteiger partial charge >= 0.3 is 5.97 Å². The Bertz CT molecular complexity index is 950. The summed E-state index contributed by atoms with van der Waals surface area (Å²) in [5.41, 5.74) is 8.50. The van der Waals surface area contributed by atoms with E-state index in [0.29, 0.717) is 34.8 Å². The minimum atomic E-state index is -0.464. The first-order valence-corrected chi connectivity index (χ1v) is 11.1. The largest absolute Gasteiger partial charge is 0.465 e. The molecular formula is C25H31N3O4. The molecule has 2 aromatic rings. The fourth-order valence-electron chi connectivity index (χ4n) is 4.05. The van der Waals surface area contributed by atoms with Crippen LogP contribution in [0, 0.1) is 5.92 Å². The fraction of sp³-hybridized carbons (Fsp3) is 0.400. The van der Waals surface area contributed by atoms with Crippen molar-refractivity contribution in [3.8, 4) is 0 Å². The van der Waals surface area contributed by atoms with Gasteiger partial charge in [-0.15, -0.1) is 0 Å². The Labute approximate surface area is 188 Å². The molecule has 1 saturated carbocycles. The van der Waals surface area contributed by atoms with Crippen molar-refractivity contribution in [2.24, 2.45) is 11.7 Å². The SMILES string of the molecule is COC(=O)c1ccc(C(=O)Nc2cc(NC(=O)CCC3CCCCC3)ccc2CN)cc1. The first-order chi connectivity index (χ1) is 15.5. The molecule has 0 aromatic heterocycles. The van der Waals surface area contributed by atoms with Gasteiger partial charge in [-0.3, -0.25) is 9.59 Å². The minimum absolute atomic E-state index is 0.0215. The molecule has 4 N–H and O–H groups in total. The van der Waals surface area contributed by atoms with E-state index in [-0.39, 0.29) is 18.4 Å². The van der Waals surface area contributed by atoms with Crippen LogP contribution in [0.5, 0.6) is 0 Å². The summed E-state index contributed by atoms with van der Waals surface area (Å²) in [6.45, 7) is 0.243. The van der Waals surface area contributed by atoms with Crippen LogP contribution in [0.1, 0.15) is 71.2 Å². The molecule has 7 nitrogen and oxygen atoms in total. The van der Waals surface area contributed by atoms with Crippen molar-refractivity contribution in [2.75, 3.05) is 17.7 Å². The molecule has 2 amide bonds. The van der Waals surface area contributed by atoms with E-state index < -0.39 is 5.97 Å². The second-order valence-corrected chi connectivity index (χ2v) is 8.19. The van der Waals surface area contributed by atoms with Crippen LogP contribution in [0.25, 0.3) is 0 Å². The van der Waals surface area contributed by atoms with Crippen molar-refractivity contribution < 1.29 is 19.1 Å². The maximum atomic E-state index is 12.7. The molecule has 2 aromatic carbocycles. The number of carbonyl (C=O) groups is 3. The van der Waals surface area contributed by atoms with E-state index in [0.717, 1.165) is 12.0 Å². The second-order valence-electron chi connectivity index (χ2n) is 8.19. The first kappa shape index (κ1) is 23.5. The standard InChI is InChI=1S/C25H31N3O4/c1-32-25(31)19-10-8-18(9-11-19)24(30)28-22-15-21(13-12-20(22)16-26)27-23(29)14-7-17-5-3-2-4-6-17/h8-13,15,17H,2-7,14,16,26H2,1H3,(H,27,29)(H,28,30). The number of nitrogens with two attached hydrogens (primary N) is 1. The molecule has 0 aliphatic heterocycles. The summed E-state index contributed by atoms with van der Waals surface area (Å²) in [5, 5.41) is 5.78. The van der Waals surface area contributed by atoms with Gasteiger partial charge in [0.25, 0.3) is 5.91 Å². The summed E-state index contributed by atoms with van der Waals surface area (Å²) >= 11 is 0. The van der Waals surface area contributed by atoms with Gasteiger partial charge in [0.1, 0.15) is 0 Å².